The largest absolute Gasteiger partial charge is 0.346 e. The lowest BCUT2D eigenvalue weighted by molar-refractivity contribution is -0.137. The number of ketones is 1. The summed E-state index contributed by atoms with van der Waals surface area (Å²) in [4.78, 5) is 47.9. The molecule has 1 aromatic carbocycles. The number of nitrogens with zero attached hydrogens (tertiary/aromatic N) is 1. The monoisotopic (exact) mass is 356 g/mol. The van der Waals surface area contributed by atoms with E-state index in [0.29, 0.717) is 32.2 Å². The van der Waals surface area contributed by atoms with Crippen LogP contribution in [0.25, 0.3) is 0 Å². The summed E-state index contributed by atoms with van der Waals surface area (Å²) in [5.74, 6) is -0.784. The molecule has 6 heteroatoms. The van der Waals surface area contributed by atoms with Gasteiger partial charge in [-0.05, 0) is 31.7 Å². The summed E-state index contributed by atoms with van der Waals surface area (Å²) >= 11 is 0. The van der Waals surface area contributed by atoms with E-state index in [9.17, 15) is 19.2 Å². The molecule has 0 aliphatic carbocycles. The van der Waals surface area contributed by atoms with Gasteiger partial charge in [0.15, 0.2) is 5.78 Å². The third kappa shape index (κ3) is 5.95. The highest BCUT2D eigenvalue weighted by Crippen LogP contribution is 2.08. The van der Waals surface area contributed by atoms with Crippen LogP contribution in [0.4, 0.5) is 0 Å². The van der Waals surface area contributed by atoms with Gasteiger partial charge in [-0.1, -0.05) is 36.8 Å². The molecular weight excluding hydrogens is 332 g/mol. The predicted molar refractivity (Wildman–Crippen MR) is 97.1 cm³/mol. The van der Waals surface area contributed by atoms with Crippen LogP contribution in [0.5, 0.6) is 0 Å². The molecule has 1 aromatic rings. The lowest BCUT2D eigenvalue weighted by Crippen LogP contribution is -2.41. The number of hydrogen-bond acceptors (Lipinski definition) is 4. The number of carbonyl (C=O) groups excluding carboxylic acids is 4. The molecule has 0 radical (unpaired) electrons. The van der Waals surface area contributed by atoms with Crippen LogP contribution in [0.2, 0.25) is 0 Å². The number of unbranched alkanes of at least 4 members (excludes halogenated alkanes) is 2. The van der Waals surface area contributed by atoms with Crippen molar-refractivity contribution in [2.75, 3.05) is 6.54 Å². The molecule has 1 aliphatic rings. The van der Waals surface area contributed by atoms with Gasteiger partial charge in [0.05, 0.1) is 6.04 Å². The Hall–Kier alpha value is -2.76. The molecule has 1 N–H and O–H groups in total. The molecule has 0 fully saturated rings. The highest BCUT2D eigenvalue weighted by atomic mass is 16.2. The molecular formula is C20H24N2O4. The van der Waals surface area contributed by atoms with Gasteiger partial charge >= 0.3 is 0 Å². The Labute approximate surface area is 153 Å². The fourth-order valence-electron chi connectivity index (χ4n) is 2.80. The molecule has 138 valence electrons. The summed E-state index contributed by atoms with van der Waals surface area (Å²) in [7, 11) is 0. The molecule has 1 atom stereocenters. The number of amides is 3. The van der Waals surface area contributed by atoms with E-state index in [1.807, 2.05) is 30.3 Å². The van der Waals surface area contributed by atoms with Crippen LogP contribution in [-0.2, 0) is 25.6 Å². The average molecular weight is 356 g/mol. The van der Waals surface area contributed by atoms with Crippen LogP contribution in [0.3, 0.4) is 0 Å². The number of hydrogen-bond donors (Lipinski definition) is 1. The maximum atomic E-state index is 12.1. The Kier molecular flexibility index (Phi) is 7.26. The molecule has 0 bridgehead atoms. The van der Waals surface area contributed by atoms with Crippen molar-refractivity contribution in [1.29, 1.82) is 0 Å². The Morgan fingerprint density at radius 1 is 1.00 bits per heavy atom. The van der Waals surface area contributed by atoms with E-state index < -0.39 is 6.04 Å². The van der Waals surface area contributed by atoms with Crippen molar-refractivity contribution in [2.24, 2.45) is 0 Å². The Balaban J connectivity index is 1.67. The SMILES string of the molecule is CC(=O)[C@H](Cc1ccccc1)NC(=O)CCCCCN1C(=O)C=CC1=O. The fourth-order valence-corrected chi connectivity index (χ4v) is 2.80. The first-order chi connectivity index (χ1) is 12.5. The second-order valence-electron chi connectivity index (χ2n) is 6.39. The molecule has 1 heterocycles. The summed E-state index contributed by atoms with van der Waals surface area (Å²) in [6.45, 7) is 1.85. The van der Waals surface area contributed by atoms with Gasteiger partial charge in [0.1, 0.15) is 0 Å². The van der Waals surface area contributed by atoms with Crippen LogP contribution in [0.15, 0.2) is 42.5 Å². The molecule has 26 heavy (non-hydrogen) atoms. The normalized spacial score (nSPS) is 14.6. The number of carbonyl (C=O) groups is 4. The first-order valence-electron chi connectivity index (χ1n) is 8.84. The lowest BCUT2D eigenvalue weighted by atomic mass is 10.0. The number of Topliss-reactive ketones (excluding diaryl/α,β-unsaturated/α-hetero) is 1. The van der Waals surface area contributed by atoms with E-state index in [-0.39, 0.29) is 23.5 Å². The second-order valence-corrected chi connectivity index (χ2v) is 6.39. The molecule has 0 saturated carbocycles. The lowest BCUT2D eigenvalue weighted by Gasteiger charge is -2.16. The van der Waals surface area contributed by atoms with Crippen molar-refractivity contribution < 1.29 is 19.2 Å². The molecule has 6 nitrogen and oxygen atoms in total. The first kappa shape index (κ1) is 19.6. The molecule has 0 unspecified atom stereocenters. The maximum absolute atomic E-state index is 12.1. The zero-order valence-corrected chi connectivity index (χ0v) is 14.9. The van der Waals surface area contributed by atoms with E-state index >= 15 is 0 Å². The van der Waals surface area contributed by atoms with Crippen molar-refractivity contribution in [3.8, 4) is 0 Å². The summed E-state index contributed by atoms with van der Waals surface area (Å²) in [5.41, 5.74) is 1.00. The van der Waals surface area contributed by atoms with Gasteiger partial charge in [-0.3, -0.25) is 24.1 Å². The summed E-state index contributed by atoms with van der Waals surface area (Å²) in [6.07, 6.45) is 5.37. The van der Waals surface area contributed by atoms with E-state index in [1.54, 1.807) is 0 Å². The molecule has 2 rings (SSSR count). The summed E-state index contributed by atoms with van der Waals surface area (Å²) in [5, 5.41) is 2.79. The smallest absolute Gasteiger partial charge is 0.253 e. The van der Waals surface area contributed by atoms with Crippen LogP contribution in [0.1, 0.15) is 38.2 Å². The van der Waals surface area contributed by atoms with Crippen molar-refractivity contribution in [2.45, 2.75) is 45.1 Å². The Morgan fingerprint density at radius 2 is 1.65 bits per heavy atom. The van der Waals surface area contributed by atoms with Gasteiger partial charge < -0.3 is 5.32 Å². The van der Waals surface area contributed by atoms with Crippen molar-refractivity contribution in [3.05, 3.63) is 48.0 Å². The maximum Gasteiger partial charge on any atom is 0.253 e. The minimum absolute atomic E-state index is 0.0687. The minimum Gasteiger partial charge on any atom is -0.346 e. The van der Waals surface area contributed by atoms with Crippen LogP contribution in [0, 0.1) is 0 Å². The average Bonchev–Trinajstić information content (AvgIpc) is 2.93. The molecule has 0 aromatic heterocycles. The number of benzene rings is 1. The second kappa shape index (κ2) is 9.65. The van der Waals surface area contributed by atoms with Gasteiger partial charge in [-0.2, -0.15) is 0 Å². The van der Waals surface area contributed by atoms with E-state index in [0.717, 1.165) is 12.0 Å². The standard InChI is InChI=1S/C20H24N2O4/c1-15(23)17(14-16-8-4-2-5-9-16)21-18(24)10-6-3-7-13-22-19(25)11-12-20(22)26/h2,4-5,8-9,11-12,17H,3,6-7,10,13-14H2,1H3,(H,21,24)/t17-/m0/s1. The Morgan fingerprint density at radius 3 is 2.27 bits per heavy atom. The third-order valence-corrected chi connectivity index (χ3v) is 4.29. The van der Waals surface area contributed by atoms with Gasteiger partial charge in [-0.15, -0.1) is 0 Å². The van der Waals surface area contributed by atoms with Crippen molar-refractivity contribution in [1.82, 2.24) is 10.2 Å². The van der Waals surface area contributed by atoms with Crippen molar-refractivity contribution >= 4 is 23.5 Å². The number of imide groups is 1. The van der Waals surface area contributed by atoms with E-state index in [2.05, 4.69) is 5.32 Å². The van der Waals surface area contributed by atoms with Gasteiger partial charge in [0.2, 0.25) is 5.91 Å². The zero-order chi connectivity index (χ0) is 18.9. The minimum atomic E-state index is -0.518. The van der Waals surface area contributed by atoms with E-state index in [4.69, 9.17) is 0 Å². The quantitative estimate of drug-likeness (QED) is 0.512. The molecule has 0 saturated heterocycles. The van der Waals surface area contributed by atoms with Crippen molar-refractivity contribution in [3.63, 3.8) is 0 Å². The van der Waals surface area contributed by atoms with Crippen LogP contribution in [-0.4, -0.2) is 41.0 Å². The summed E-state index contributed by atoms with van der Waals surface area (Å²) < 4.78 is 0. The highest BCUT2D eigenvalue weighted by Gasteiger charge is 2.22. The fraction of sp³-hybridized carbons (Fsp3) is 0.400. The predicted octanol–water partition coefficient (Wildman–Crippen LogP) is 1.79. The third-order valence-electron chi connectivity index (χ3n) is 4.29. The molecule has 0 spiro atoms. The Bertz CT molecular complexity index is 679. The topological polar surface area (TPSA) is 83.6 Å². The first-order valence-corrected chi connectivity index (χ1v) is 8.84. The molecule has 1 aliphatic heterocycles. The van der Waals surface area contributed by atoms with Gasteiger partial charge in [0, 0.05) is 25.1 Å². The van der Waals surface area contributed by atoms with Gasteiger partial charge in [-0.25, -0.2) is 0 Å². The van der Waals surface area contributed by atoms with E-state index in [1.165, 1.54) is 24.0 Å². The zero-order valence-electron chi connectivity index (χ0n) is 14.9. The van der Waals surface area contributed by atoms with Crippen LogP contribution < -0.4 is 5.32 Å². The van der Waals surface area contributed by atoms with Crippen LogP contribution >= 0.6 is 0 Å². The highest BCUT2D eigenvalue weighted by molar-refractivity contribution is 6.12. The van der Waals surface area contributed by atoms with Gasteiger partial charge in [0.25, 0.3) is 11.8 Å². The number of nitrogens with one attached hydrogen (secondary N) is 1. The number of rotatable bonds is 10. The summed E-state index contributed by atoms with van der Waals surface area (Å²) in [6, 6.07) is 9.05. The molecule has 3 amide bonds.